The predicted octanol–water partition coefficient (Wildman–Crippen LogP) is 2.48. The molecule has 2 rings (SSSR count). The van der Waals surface area contributed by atoms with Crippen molar-refractivity contribution in [1.29, 1.82) is 0 Å². The zero-order chi connectivity index (χ0) is 13.2. The maximum Gasteiger partial charge on any atom is 0.237 e. The number of hydrogen-bond acceptors (Lipinski definition) is 2. The molecule has 1 aromatic carbocycles. The number of carbonyl (C=O) groups is 1. The summed E-state index contributed by atoms with van der Waals surface area (Å²) in [6, 6.07) is 5.94. The van der Waals surface area contributed by atoms with Gasteiger partial charge in [-0.05, 0) is 37.0 Å². The Bertz CT molecular complexity index is 449. The average Bonchev–Trinajstić information content (AvgIpc) is 3.10. The molecular weight excluding hydrogens is 267 g/mol. The molecule has 5 heteroatoms. The fourth-order valence-electron chi connectivity index (χ4n) is 2.17. The number of nitrogens with one attached hydrogen (secondary N) is 1. The van der Waals surface area contributed by atoms with Crippen molar-refractivity contribution >= 4 is 18.3 Å². The van der Waals surface area contributed by atoms with Crippen LogP contribution in [-0.4, -0.2) is 11.9 Å². The van der Waals surface area contributed by atoms with Gasteiger partial charge < -0.3 is 11.1 Å². The lowest BCUT2D eigenvalue weighted by Crippen LogP contribution is -2.45. The molecule has 0 aromatic heterocycles. The molecule has 3 nitrogen and oxygen atoms in total. The molecule has 0 heterocycles. The lowest BCUT2D eigenvalue weighted by molar-refractivity contribution is -0.123. The Kier molecular flexibility index (Phi) is 5.32. The SMILES string of the molecule is CCCC(N)C(=O)NC1(c2cccc(F)c2)CC1.Cl. The van der Waals surface area contributed by atoms with Gasteiger partial charge in [-0.25, -0.2) is 4.39 Å². The highest BCUT2D eigenvalue weighted by molar-refractivity contribution is 5.85. The minimum atomic E-state index is -0.471. The Morgan fingerprint density at radius 1 is 1.53 bits per heavy atom. The molecule has 1 atom stereocenters. The fourth-order valence-corrected chi connectivity index (χ4v) is 2.17. The highest BCUT2D eigenvalue weighted by atomic mass is 35.5. The molecule has 1 aromatic rings. The first kappa shape index (κ1) is 15.9. The lowest BCUT2D eigenvalue weighted by Gasteiger charge is -2.20. The fraction of sp³-hybridized carbons (Fsp3) is 0.500. The summed E-state index contributed by atoms with van der Waals surface area (Å²) in [7, 11) is 0. The summed E-state index contributed by atoms with van der Waals surface area (Å²) in [6.07, 6.45) is 3.24. The Hall–Kier alpha value is -1.13. The van der Waals surface area contributed by atoms with Crippen molar-refractivity contribution in [3.8, 4) is 0 Å². The highest BCUT2D eigenvalue weighted by Crippen LogP contribution is 2.45. The molecule has 1 aliphatic rings. The van der Waals surface area contributed by atoms with Gasteiger partial charge in [-0.1, -0.05) is 25.5 Å². The van der Waals surface area contributed by atoms with Gasteiger partial charge in [0, 0.05) is 0 Å². The first-order valence-corrected chi connectivity index (χ1v) is 6.41. The summed E-state index contributed by atoms with van der Waals surface area (Å²) >= 11 is 0. The van der Waals surface area contributed by atoms with Crippen LogP contribution in [0.2, 0.25) is 0 Å². The smallest absolute Gasteiger partial charge is 0.237 e. The molecule has 1 fully saturated rings. The van der Waals surface area contributed by atoms with Gasteiger partial charge in [0.15, 0.2) is 0 Å². The molecule has 1 aliphatic carbocycles. The van der Waals surface area contributed by atoms with Crippen molar-refractivity contribution in [3.05, 3.63) is 35.6 Å². The Balaban J connectivity index is 0.00000180. The van der Waals surface area contributed by atoms with Gasteiger partial charge in [0.1, 0.15) is 5.82 Å². The summed E-state index contributed by atoms with van der Waals surface area (Å²) in [6.45, 7) is 1.99. The first-order chi connectivity index (χ1) is 8.57. The molecule has 0 spiro atoms. The van der Waals surface area contributed by atoms with Crippen LogP contribution >= 0.6 is 12.4 Å². The van der Waals surface area contributed by atoms with Crippen LogP contribution < -0.4 is 11.1 Å². The van der Waals surface area contributed by atoms with Crippen molar-refractivity contribution in [2.45, 2.75) is 44.2 Å². The molecule has 0 bridgehead atoms. The van der Waals surface area contributed by atoms with Crippen LogP contribution in [0.4, 0.5) is 4.39 Å². The summed E-state index contributed by atoms with van der Waals surface area (Å²) in [5, 5.41) is 2.96. The largest absolute Gasteiger partial charge is 0.345 e. The highest BCUT2D eigenvalue weighted by Gasteiger charge is 2.46. The van der Waals surface area contributed by atoms with Crippen molar-refractivity contribution in [3.63, 3.8) is 0 Å². The van der Waals surface area contributed by atoms with E-state index in [1.54, 1.807) is 6.07 Å². The summed E-state index contributed by atoms with van der Waals surface area (Å²) < 4.78 is 13.2. The van der Waals surface area contributed by atoms with Crippen LogP contribution in [0.5, 0.6) is 0 Å². The number of rotatable bonds is 5. The summed E-state index contributed by atoms with van der Waals surface area (Å²) in [5.41, 5.74) is 6.23. The molecule has 3 N–H and O–H groups in total. The molecule has 1 saturated carbocycles. The van der Waals surface area contributed by atoms with Crippen LogP contribution in [-0.2, 0) is 10.3 Å². The van der Waals surface area contributed by atoms with Crippen LogP contribution in [0.15, 0.2) is 24.3 Å². The van der Waals surface area contributed by atoms with Crippen molar-refractivity contribution in [1.82, 2.24) is 5.32 Å². The van der Waals surface area contributed by atoms with E-state index >= 15 is 0 Å². The average molecular weight is 287 g/mol. The number of amides is 1. The minimum absolute atomic E-state index is 0. The molecule has 1 unspecified atom stereocenters. The van der Waals surface area contributed by atoms with E-state index in [9.17, 15) is 9.18 Å². The van der Waals surface area contributed by atoms with Gasteiger partial charge in [-0.3, -0.25) is 4.79 Å². The standard InChI is InChI=1S/C14H19FN2O.ClH/c1-2-4-12(16)13(18)17-14(7-8-14)10-5-3-6-11(15)9-10;/h3,5-6,9,12H,2,4,7-8,16H2,1H3,(H,17,18);1H. The maximum atomic E-state index is 13.2. The normalized spacial score (nSPS) is 17.2. The molecule has 0 aliphatic heterocycles. The molecule has 19 heavy (non-hydrogen) atoms. The van der Waals surface area contributed by atoms with Crippen molar-refractivity contribution in [2.75, 3.05) is 0 Å². The lowest BCUT2D eigenvalue weighted by atomic mass is 10.0. The van der Waals surface area contributed by atoms with E-state index in [1.807, 2.05) is 13.0 Å². The van der Waals surface area contributed by atoms with Gasteiger partial charge in [-0.15, -0.1) is 12.4 Å². The maximum absolute atomic E-state index is 13.2. The van der Waals surface area contributed by atoms with E-state index < -0.39 is 6.04 Å². The molecule has 0 saturated heterocycles. The zero-order valence-corrected chi connectivity index (χ0v) is 11.8. The second-order valence-corrected chi connectivity index (χ2v) is 4.98. The number of nitrogens with two attached hydrogens (primary N) is 1. The second kappa shape index (κ2) is 6.35. The Labute approximate surface area is 119 Å². The topological polar surface area (TPSA) is 55.1 Å². The number of carbonyl (C=O) groups excluding carboxylic acids is 1. The van der Waals surface area contributed by atoms with E-state index in [2.05, 4.69) is 5.32 Å². The number of hydrogen-bond donors (Lipinski definition) is 2. The van der Waals surface area contributed by atoms with Crippen molar-refractivity contribution < 1.29 is 9.18 Å². The van der Waals surface area contributed by atoms with Gasteiger partial charge in [-0.2, -0.15) is 0 Å². The number of benzene rings is 1. The van der Waals surface area contributed by atoms with Crippen LogP contribution in [0.25, 0.3) is 0 Å². The quantitative estimate of drug-likeness (QED) is 0.874. The molecule has 1 amide bonds. The van der Waals surface area contributed by atoms with E-state index in [4.69, 9.17) is 5.73 Å². The third kappa shape index (κ3) is 3.67. The Morgan fingerprint density at radius 3 is 2.74 bits per heavy atom. The Morgan fingerprint density at radius 2 is 2.21 bits per heavy atom. The van der Waals surface area contributed by atoms with E-state index in [1.165, 1.54) is 12.1 Å². The van der Waals surface area contributed by atoms with Crippen LogP contribution in [0, 0.1) is 5.82 Å². The zero-order valence-electron chi connectivity index (χ0n) is 11.0. The van der Waals surface area contributed by atoms with Gasteiger partial charge in [0.2, 0.25) is 5.91 Å². The van der Waals surface area contributed by atoms with E-state index in [-0.39, 0.29) is 29.7 Å². The summed E-state index contributed by atoms with van der Waals surface area (Å²) in [4.78, 5) is 11.9. The first-order valence-electron chi connectivity index (χ1n) is 6.41. The second-order valence-electron chi connectivity index (χ2n) is 4.98. The van der Waals surface area contributed by atoms with Gasteiger partial charge in [0.05, 0.1) is 11.6 Å². The molecule has 0 radical (unpaired) electrons. The predicted molar refractivity (Wildman–Crippen MR) is 75.6 cm³/mol. The third-order valence-electron chi connectivity index (χ3n) is 3.43. The van der Waals surface area contributed by atoms with Gasteiger partial charge >= 0.3 is 0 Å². The monoisotopic (exact) mass is 286 g/mol. The third-order valence-corrected chi connectivity index (χ3v) is 3.43. The summed E-state index contributed by atoms with van der Waals surface area (Å²) in [5.74, 6) is -0.413. The van der Waals surface area contributed by atoms with Crippen LogP contribution in [0.1, 0.15) is 38.2 Å². The van der Waals surface area contributed by atoms with Gasteiger partial charge in [0.25, 0.3) is 0 Å². The molecular formula is C14H20ClFN2O. The van der Waals surface area contributed by atoms with E-state index in [0.717, 1.165) is 24.8 Å². The number of halogens is 2. The van der Waals surface area contributed by atoms with Crippen molar-refractivity contribution in [2.24, 2.45) is 5.73 Å². The minimum Gasteiger partial charge on any atom is -0.345 e. The van der Waals surface area contributed by atoms with Crippen LogP contribution in [0.3, 0.4) is 0 Å². The molecule has 106 valence electrons. The van der Waals surface area contributed by atoms with E-state index in [0.29, 0.717) is 6.42 Å².